The van der Waals surface area contributed by atoms with Crippen molar-refractivity contribution < 1.29 is 29.9 Å². The van der Waals surface area contributed by atoms with Gasteiger partial charge in [-0.05, 0) is 12.3 Å². The predicted molar refractivity (Wildman–Crippen MR) is 93.7 cm³/mol. The standard InChI is InChI=1S/C16H25N5O6/c1-8(2-3-17-14-10-15(19-6-18-10)21-7-20-14)5-26-16-13(25)12(24)11(23)9(4-22)27-16/h6-9,11-13,16,22-25H,2-5H2,1H3,(H2,17,18,19,20,21)/t8?,9-,11-,12+,13-,16+/m1/s1. The van der Waals surface area contributed by atoms with Crippen LogP contribution in [0, 0.1) is 5.92 Å². The Kier molecular flexibility index (Phi) is 6.52. The normalized spacial score (nSPS) is 29.7. The average Bonchev–Trinajstić information content (AvgIpc) is 3.15. The summed E-state index contributed by atoms with van der Waals surface area (Å²) in [4.78, 5) is 15.3. The zero-order valence-electron chi connectivity index (χ0n) is 14.9. The highest BCUT2D eigenvalue weighted by Gasteiger charge is 2.44. The second kappa shape index (κ2) is 8.87. The van der Waals surface area contributed by atoms with Crippen molar-refractivity contribution in [2.24, 2.45) is 5.92 Å². The van der Waals surface area contributed by atoms with Gasteiger partial charge in [0.2, 0.25) is 0 Å². The number of aliphatic hydroxyl groups excluding tert-OH is 4. The lowest BCUT2D eigenvalue weighted by atomic mass is 9.99. The second-order valence-corrected chi connectivity index (χ2v) is 6.67. The Balaban J connectivity index is 1.44. The molecule has 0 saturated carbocycles. The summed E-state index contributed by atoms with van der Waals surface area (Å²) in [6.45, 7) is 2.39. The van der Waals surface area contributed by atoms with Gasteiger partial charge < -0.3 is 40.2 Å². The summed E-state index contributed by atoms with van der Waals surface area (Å²) in [5.74, 6) is 0.781. The van der Waals surface area contributed by atoms with E-state index in [1.165, 1.54) is 6.33 Å². The third-order valence-corrected chi connectivity index (χ3v) is 4.55. The summed E-state index contributed by atoms with van der Waals surface area (Å²) in [6.07, 6.45) is -2.55. The first-order valence-electron chi connectivity index (χ1n) is 8.81. The van der Waals surface area contributed by atoms with Gasteiger partial charge in [0, 0.05) is 6.54 Å². The van der Waals surface area contributed by atoms with E-state index in [2.05, 4.69) is 25.3 Å². The largest absolute Gasteiger partial charge is 0.394 e. The van der Waals surface area contributed by atoms with Crippen LogP contribution in [-0.4, -0.2) is 90.8 Å². The summed E-state index contributed by atoms with van der Waals surface area (Å²) in [5.41, 5.74) is 1.33. The number of rotatable bonds is 8. The van der Waals surface area contributed by atoms with Crippen LogP contribution in [0.5, 0.6) is 0 Å². The lowest BCUT2D eigenvalue weighted by molar-refractivity contribution is -0.303. The average molecular weight is 383 g/mol. The van der Waals surface area contributed by atoms with Crippen LogP contribution in [0.2, 0.25) is 0 Å². The number of nitrogens with zero attached hydrogens (tertiary/aromatic N) is 3. The lowest BCUT2D eigenvalue weighted by Crippen LogP contribution is -2.59. The lowest BCUT2D eigenvalue weighted by Gasteiger charge is -2.39. The highest BCUT2D eigenvalue weighted by molar-refractivity contribution is 5.81. The molecule has 3 rings (SSSR count). The quantitative estimate of drug-likeness (QED) is 0.319. The van der Waals surface area contributed by atoms with E-state index in [9.17, 15) is 20.4 Å². The second-order valence-electron chi connectivity index (χ2n) is 6.67. The van der Waals surface area contributed by atoms with E-state index < -0.39 is 37.3 Å². The molecule has 27 heavy (non-hydrogen) atoms. The Morgan fingerprint density at radius 2 is 2.04 bits per heavy atom. The summed E-state index contributed by atoms with van der Waals surface area (Å²) >= 11 is 0. The number of anilines is 1. The van der Waals surface area contributed by atoms with Gasteiger partial charge in [-0.2, -0.15) is 0 Å². The van der Waals surface area contributed by atoms with Crippen molar-refractivity contribution in [2.45, 2.75) is 44.1 Å². The SMILES string of the molecule is CC(CCNc1ncnc2nc[nH]c12)CO[C@H]1O[C@H](CO)[C@@H](O)[C@H](O)[C@H]1O. The smallest absolute Gasteiger partial charge is 0.186 e. The molecule has 6 atom stereocenters. The first kappa shape index (κ1) is 19.9. The number of H-pyrrole nitrogens is 1. The fourth-order valence-corrected chi connectivity index (χ4v) is 2.88. The van der Waals surface area contributed by atoms with Gasteiger partial charge in [0.15, 0.2) is 17.8 Å². The minimum absolute atomic E-state index is 0.115. The number of aromatic amines is 1. The molecule has 0 bridgehead atoms. The van der Waals surface area contributed by atoms with Crippen molar-refractivity contribution in [1.82, 2.24) is 19.9 Å². The molecule has 0 aliphatic carbocycles. The molecule has 11 nitrogen and oxygen atoms in total. The maximum atomic E-state index is 9.96. The van der Waals surface area contributed by atoms with Gasteiger partial charge in [0.1, 0.15) is 36.3 Å². The van der Waals surface area contributed by atoms with Crippen molar-refractivity contribution in [3.8, 4) is 0 Å². The molecule has 1 unspecified atom stereocenters. The molecule has 2 aromatic rings. The van der Waals surface area contributed by atoms with Gasteiger partial charge >= 0.3 is 0 Å². The first-order valence-corrected chi connectivity index (χ1v) is 8.81. The Bertz CT molecular complexity index is 728. The van der Waals surface area contributed by atoms with Crippen LogP contribution >= 0.6 is 0 Å². The van der Waals surface area contributed by atoms with Crippen molar-refractivity contribution >= 4 is 17.0 Å². The Morgan fingerprint density at radius 1 is 1.22 bits per heavy atom. The van der Waals surface area contributed by atoms with Crippen LogP contribution < -0.4 is 5.32 Å². The molecule has 3 heterocycles. The van der Waals surface area contributed by atoms with Crippen LogP contribution in [0.1, 0.15) is 13.3 Å². The topological polar surface area (TPSA) is 166 Å². The fourth-order valence-electron chi connectivity index (χ4n) is 2.88. The molecule has 1 aliphatic heterocycles. The Morgan fingerprint density at radius 3 is 2.81 bits per heavy atom. The Labute approximate surface area is 155 Å². The van der Waals surface area contributed by atoms with Crippen molar-refractivity contribution in [3.05, 3.63) is 12.7 Å². The molecule has 1 saturated heterocycles. The van der Waals surface area contributed by atoms with E-state index in [4.69, 9.17) is 9.47 Å². The van der Waals surface area contributed by atoms with Crippen LogP contribution in [-0.2, 0) is 9.47 Å². The van der Waals surface area contributed by atoms with Crippen LogP contribution in [0.15, 0.2) is 12.7 Å². The van der Waals surface area contributed by atoms with E-state index in [-0.39, 0.29) is 12.5 Å². The van der Waals surface area contributed by atoms with Crippen LogP contribution in [0.4, 0.5) is 5.82 Å². The zero-order valence-corrected chi connectivity index (χ0v) is 14.9. The maximum absolute atomic E-state index is 9.96. The number of hydrogen-bond acceptors (Lipinski definition) is 10. The van der Waals surface area contributed by atoms with E-state index in [1.807, 2.05) is 6.92 Å². The number of fused-ring (bicyclic) bond motifs is 1. The van der Waals surface area contributed by atoms with Crippen molar-refractivity contribution in [3.63, 3.8) is 0 Å². The van der Waals surface area contributed by atoms with E-state index in [0.29, 0.717) is 18.0 Å². The molecule has 1 aliphatic rings. The van der Waals surface area contributed by atoms with Gasteiger partial charge in [-0.3, -0.25) is 0 Å². The number of aliphatic hydroxyl groups is 4. The zero-order chi connectivity index (χ0) is 19.4. The maximum Gasteiger partial charge on any atom is 0.186 e. The molecule has 0 spiro atoms. The molecule has 0 radical (unpaired) electrons. The number of nitrogens with one attached hydrogen (secondary N) is 2. The third-order valence-electron chi connectivity index (χ3n) is 4.55. The summed E-state index contributed by atoms with van der Waals surface area (Å²) in [7, 11) is 0. The number of hydrogen-bond donors (Lipinski definition) is 6. The van der Waals surface area contributed by atoms with Gasteiger partial charge in [0.05, 0.1) is 19.5 Å². The highest BCUT2D eigenvalue weighted by atomic mass is 16.7. The van der Waals surface area contributed by atoms with Crippen molar-refractivity contribution in [2.75, 3.05) is 25.1 Å². The van der Waals surface area contributed by atoms with E-state index in [1.54, 1.807) is 6.33 Å². The predicted octanol–water partition coefficient (Wildman–Crippen LogP) is -1.39. The molecular weight excluding hydrogens is 358 g/mol. The molecule has 1 fully saturated rings. The molecular formula is C16H25N5O6. The molecule has 0 aromatic carbocycles. The fraction of sp³-hybridized carbons (Fsp3) is 0.688. The molecule has 2 aromatic heterocycles. The van der Waals surface area contributed by atoms with Gasteiger partial charge in [0.25, 0.3) is 0 Å². The number of aromatic nitrogens is 4. The molecule has 6 N–H and O–H groups in total. The van der Waals surface area contributed by atoms with E-state index in [0.717, 1.165) is 11.9 Å². The first-order chi connectivity index (χ1) is 13.0. The molecule has 0 amide bonds. The summed E-state index contributed by atoms with van der Waals surface area (Å²) in [5, 5.41) is 41.9. The molecule has 150 valence electrons. The van der Waals surface area contributed by atoms with Gasteiger partial charge in [-0.1, -0.05) is 6.92 Å². The number of imidazole rings is 1. The minimum Gasteiger partial charge on any atom is -0.394 e. The minimum atomic E-state index is -1.44. The monoisotopic (exact) mass is 383 g/mol. The number of ether oxygens (including phenoxy) is 2. The summed E-state index contributed by atoms with van der Waals surface area (Å²) in [6, 6.07) is 0. The summed E-state index contributed by atoms with van der Waals surface area (Å²) < 4.78 is 10.9. The third kappa shape index (κ3) is 4.51. The van der Waals surface area contributed by atoms with Crippen LogP contribution in [0.25, 0.3) is 11.2 Å². The highest BCUT2D eigenvalue weighted by Crippen LogP contribution is 2.22. The van der Waals surface area contributed by atoms with Gasteiger partial charge in [-0.25, -0.2) is 15.0 Å². The molecule has 11 heteroatoms. The Hall–Kier alpha value is -1.89. The van der Waals surface area contributed by atoms with E-state index >= 15 is 0 Å². The van der Waals surface area contributed by atoms with Crippen LogP contribution in [0.3, 0.4) is 0 Å². The van der Waals surface area contributed by atoms with Gasteiger partial charge in [-0.15, -0.1) is 0 Å². The van der Waals surface area contributed by atoms with Crippen molar-refractivity contribution in [1.29, 1.82) is 0 Å².